The van der Waals surface area contributed by atoms with Crippen LogP contribution in [0.5, 0.6) is 0 Å². The molecule has 1 saturated heterocycles. The van der Waals surface area contributed by atoms with Crippen LogP contribution in [0.2, 0.25) is 0 Å². The van der Waals surface area contributed by atoms with Crippen molar-refractivity contribution >= 4 is 28.7 Å². The average Bonchev–Trinajstić information content (AvgIpc) is 2.73. The lowest BCUT2D eigenvalue weighted by molar-refractivity contribution is 0.00545. The van der Waals surface area contributed by atoms with E-state index in [9.17, 15) is 15.0 Å². The highest BCUT2D eigenvalue weighted by molar-refractivity contribution is 14.1. The molecule has 1 amide bonds. The Morgan fingerprint density at radius 3 is 2.46 bits per heavy atom. The van der Waals surface area contributed by atoms with Gasteiger partial charge in [-0.3, -0.25) is 4.90 Å². The molecule has 2 N–H and O–H groups in total. The quantitative estimate of drug-likeness (QED) is 0.456. The van der Waals surface area contributed by atoms with Crippen LogP contribution in [0.1, 0.15) is 53.9 Å². The number of carbonyl (C=O) groups is 1. The molecule has 0 aliphatic carbocycles. The van der Waals surface area contributed by atoms with Crippen molar-refractivity contribution in [2.75, 3.05) is 17.6 Å². The Morgan fingerprint density at radius 2 is 2.00 bits per heavy atom. The van der Waals surface area contributed by atoms with Crippen molar-refractivity contribution in [3.05, 3.63) is 0 Å². The molecule has 0 aromatic heterocycles. The maximum absolute atomic E-state index is 12.4. The van der Waals surface area contributed by atoms with Gasteiger partial charge >= 0.3 is 6.09 Å². The Balaban J connectivity index is 2.78. The third-order valence-electron chi connectivity index (χ3n) is 4.48. The molecule has 0 bridgehead atoms. The first-order valence-corrected chi connectivity index (χ1v) is 10.5. The monoisotopic (exact) mass is 455 g/mol. The second kappa shape index (κ2) is 9.57. The summed E-state index contributed by atoms with van der Waals surface area (Å²) >= 11 is 2.40. The predicted molar refractivity (Wildman–Crippen MR) is 104 cm³/mol. The van der Waals surface area contributed by atoms with Crippen LogP contribution in [0.3, 0.4) is 0 Å². The van der Waals surface area contributed by atoms with Crippen molar-refractivity contribution < 1.29 is 19.7 Å². The number of hydrogen-bond acceptors (Lipinski definition) is 4. The minimum atomic E-state index is -0.689. The molecular formula is C18H34INO4. The minimum absolute atomic E-state index is 0.00127. The zero-order valence-electron chi connectivity index (χ0n) is 15.7. The predicted octanol–water partition coefficient (Wildman–Crippen LogP) is 3.45. The van der Waals surface area contributed by atoms with Crippen LogP contribution in [0, 0.1) is 17.8 Å². The Morgan fingerprint density at radius 1 is 1.38 bits per heavy atom. The van der Waals surface area contributed by atoms with Crippen molar-refractivity contribution in [3.63, 3.8) is 0 Å². The fraction of sp³-hybridized carbons (Fsp3) is 0.944. The van der Waals surface area contributed by atoms with Crippen LogP contribution in [0.15, 0.2) is 0 Å². The van der Waals surface area contributed by atoms with E-state index in [-0.39, 0.29) is 12.5 Å². The van der Waals surface area contributed by atoms with Crippen LogP contribution < -0.4 is 0 Å². The third kappa shape index (κ3) is 6.67. The first kappa shape index (κ1) is 22.0. The van der Waals surface area contributed by atoms with E-state index in [2.05, 4.69) is 36.4 Å². The van der Waals surface area contributed by atoms with Gasteiger partial charge in [-0.05, 0) is 56.3 Å². The zero-order chi connectivity index (χ0) is 18.5. The summed E-state index contributed by atoms with van der Waals surface area (Å²) in [7, 11) is 0. The van der Waals surface area contributed by atoms with Gasteiger partial charge in [0.25, 0.3) is 0 Å². The molecule has 0 unspecified atom stereocenters. The normalized spacial score (nSPS) is 26.0. The Hall–Kier alpha value is -0.0800. The summed E-state index contributed by atoms with van der Waals surface area (Å²) in [5.41, 5.74) is -0.582. The number of rotatable bonds is 7. The smallest absolute Gasteiger partial charge is 0.410 e. The molecule has 0 saturated carbocycles. The molecule has 1 fully saturated rings. The molecule has 1 aliphatic rings. The van der Waals surface area contributed by atoms with Gasteiger partial charge in [-0.25, -0.2) is 4.79 Å². The molecule has 5 nitrogen and oxygen atoms in total. The number of nitrogens with zero attached hydrogens (tertiary/aromatic N) is 1. The van der Waals surface area contributed by atoms with E-state index < -0.39 is 23.8 Å². The molecule has 0 aromatic carbocycles. The summed E-state index contributed by atoms with van der Waals surface area (Å²) in [4.78, 5) is 13.9. The van der Waals surface area contributed by atoms with E-state index in [1.54, 1.807) is 0 Å². The van der Waals surface area contributed by atoms with E-state index in [4.69, 9.17) is 4.74 Å². The van der Waals surface area contributed by atoms with Gasteiger partial charge in [0.2, 0.25) is 0 Å². The van der Waals surface area contributed by atoms with Crippen LogP contribution in [0.25, 0.3) is 0 Å². The van der Waals surface area contributed by atoms with Gasteiger partial charge in [0.15, 0.2) is 0 Å². The van der Waals surface area contributed by atoms with Gasteiger partial charge in [-0.15, -0.1) is 0 Å². The number of amides is 1. The summed E-state index contributed by atoms with van der Waals surface area (Å²) in [5.74, 6) is 1.16. The molecule has 6 heteroatoms. The summed E-state index contributed by atoms with van der Waals surface area (Å²) in [5, 5.41) is 20.3. The molecule has 1 aliphatic heterocycles. The molecule has 4 atom stereocenters. The van der Waals surface area contributed by atoms with Crippen LogP contribution in [0.4, 0.5) is 4.79 Å². The van der Waals surface area contributed by atoms with Crippen molar-refractivity contribution in [2.24, 2.45) is 17.8 Å². The summed E-state index contributed by atoms with van der Waals surface area (Å²) in [6.45, 7) is 10.1. The van der Waals surface area contributed by atoms with Crippen molar-refractivity contribution in [2.45, 2.75) is 71.6 Å². The Labute approximate surface area is 160 Å². The van der Waals surface area contributed by atoms with Crippen LogP contribution >= 0.6 is 22.6 Å². The SMILES string of the molecule is CC(C)C[C@H](CCI)C[C@H]1CN(C(=O)OC(C)(C)C)[C@H](CO)[C@@H]1O. The lowest BCUT2D eigenvalue weighted by Crippen LogP contribution is -2.44. The fourth-order valence-electron chi connectivity index (χ4n) is 3.53. The standard InChI is InChI=1S/C18H34INO4/c1-12(2)8-13(6-7-19)9-14-10-20(15(11-21)16(14)22)17(23)24-18(3,4)5/h12-16,21-22H,6-11H2,1-5H3/t13-,14-,15+,16+/m0/s1. The van der Waals surface area contributed by atoms with Crippen LogP contribution in [-0.2, 0) is 4.74 Å². The van der Waals surface area contributed by atoms with E-state index in [1.165, 1.54) is 4.90 Å². The third-order valence-corrected chi connectivity index (χ3v) is 5.10. The topological polar surface area (TPSA) is 70.0 Å². The van der Waals surface area contributed by atoms with E-state index in [1.807, 2.05) is 20.8 Å². The van der Waals surface area contributed by atoms with Gasteiger partial charge in [-0.1, -0.05) is 36.4 Å². The Kier molecular flexibility index (Phi) is 8.76. The molecule has 142 valence electrons. The maximum atomic E-state index is 12.4. The van der Waals surface area contributed by atoms with E-state index in [0.717, 1.165) is 23.7 Å². The highest BCUT2D eigenvalue weighted by Gasteiger charge is 2.44. The number of carbonyl (C=O) groups excluding carboxylic acids is 1. The number of ether oxygens (including phenoxy) is 1. The number of aliphatic hydroxyl groups is 2. The zero-order valence-corrected chi connectivity index (χ0v) is 17.8. The first-order chi connectivity index (χ1) is 11.1. The summed E-state index contributed by atoms with van der Waals surface area (Å²) in [6.07, 6.45) is 2.00. The highest BCUT2D eigenvalue weighted by Crippen LogP contribution is 2.33. The lowest BCUT2D eigenvalue weighted by atomic mass is 9.84. The van der Waals surface area contributed by atoms with Gasteiger partial charge in [0.1, 0.15) is 5.60 Å². The molecule has 1 heterocycles. The first-order valence-electron chi connectivity index (χ1n) is 8.93. The average molecular weight is 455 g/mol. The molecular weight excluding hydrogens is 421 g/mol. The number of alkyl halides is 1. The van der Waals surface area contributed by atoms with E-state index in [0.29, 0.717) is 18.4 Å². The highest BCUT2D eigenvalue weighted by atomic mass is 127. The number of likely N-dealkylation sites (tertiary alicyclic amines) is 1. The van der Waals surface area contributed by atoms with Crippen molar-refractivity contribution in [1.29, 1.82) is 0 Å². The second-order valence-corrected chi connectivity index (χ2v) is 9.42. The van der Waals surface area contributed by atoms with Gasteiger partial charge in [0, 0.05) is 12.5 Å². The molecule has 0 spiro atoms. The van der Waals surface area contributed by atoms with Crippen LogP contribution in [-0.4, -0.2) is 56.5 Å². The maximum Gasteiger partial charge on any atom is 0.410 e. The second-order valence-electron chi connectivity index (χ2n) is 8.34. The summed E-state index contributed by atoms with van der Waals surface area (Å²) < 4.78 is 6.53. The summed E-state index contributed by atoms with van der Waals surface area (Å²) in [6, 6.07) is -0.566. The molecule has 0 radical (unpaired) electrons. The molecule has 1 rings (SSSR count). The largest absolute Gasteiger partial charge is 0.444 e. The molecule has 0 aromatic rings. The number of aliphatic hydroxyl groups excluding tert-OH is 2. The fourth-order valence-corrected chi connectivity index (χ4v) is 4.41. The van der Waals surface area contributed by atoms with Crippen molar-refractivity contribution in [1.82, 2.24) is 4.90 Å². The van der Waals surface area contributed by atoms with Gasteiger partial charge in [0.05, 0.1) is 18.8 Å². The number of halogens is 1. The lowest BCUT2D eigenvalue weighted by Gasteiger charge is -2.28. The van der Waals surface area contributed by atoms with E-state index >= 15 is 0 Å². The Bertz CT molecular complexity index is 397. The molecule has 24 heavy (non-hydrogen) atoms. The minimum Gasteiger partial charge on any atom is -0.444 e. The van der Waals surface area contributed by atoms with Gasteiger partial charge in [-0.2, -0.15) is 0 Å². The van der Waals surface area contributed by atoms with Crippen molar-refractivity contribution in [3.8, 4) is 0 Å². The number of hydrogen-bond donors (Lipinski definition) is 2. The van der Waals surface area contributed by atoms with Gasteiger partial charge < -0.3 is 14.9 Å².